The Kier molecular flexibility index (Phi) is 6.45. The molecule has 6 nitrogen and oxygen atoms in total. The zero-order chi connectivity index (χ0) is 22.9. The van der Waals surface area contributed by atoms with Crippen LogP contribution in [0.4, 0.5) is 5.69 Å². The molecule has 1 saturated carbocycles. The molecule has 2 fully saturated rings. The van der Waals surface area contributed by atoms with E-state index in [0.29, 0.717) is 54.4 Å². The highest BCUT2D eigenvalue weighted by Crippen LogP contribution is 2.46. The van der Waals surface area contributed by atoms with E-state index in [9.17, 15) is 14.5 Å². The Labute approximate surface area is 192 Å². The summed E-state index contributed by atoms with van der Waals surface area (Å²) < 4.78 is 12.1. The average Bonchev–Trinajstić information content (AvgIpc) is 2.74. The maximum absolute atomic E-state index is 13.2. The summed E-state index contributed by atoms with van der Waals surface area (Å²) in [5.74, 6) is 0.213. The summed E-state index contributed by atoms with van der Waals surface area (Å²) in [5, 5.41) is 0.282. The van der Waals surface area contributed by atoms with Crippen molar-refractivity contribution in [3.05, 3.63) is 57.5 Å². The minimum Gasteiger partial charge on any atom is -0.457 e. The van der Waals surface area contributed by atoms with E-state index in [1.165, 1.54) is 7.05 Å². The van der Waals surface area contributed by atoms with Gasteiger partial charge in [-0.2, -0.15) is 0 Å². The second-order valence-corrected chi connectivity index (χ2v) is 9.17. The fourth-order valence-electron chi connectivity index (χ4n) is 4.86. The Morgan fingerprint density at radius 2 is 1.69 bits per heavy atom. The van der Waals surface area contributed by atoms with Gasteiger partial charge in [-0.3, -0.25) is 9.59 Å². The quantitative estimate of drug-likeness (QED) is 0.435. The zero-order valence-corrected chi connectivity index (χ0v) is 19.1. The van der Waals surface area contributed by atoms with Crippen LogP contribution in [0.15, 0.2) is 36.4 Å². The molecule has 1 heterocycles. The summed E-state index contributed by atoms with van der Waals surface area (Å²) >= 11 is 6.18. The van der Waals surface area contributed by atoms with Crippen molar-refractivity contribution in [3.8, 4) is 11.5 Å². The molecule has 7 heteroatoms. The maximum atomic E-state index is 13.2. The van der Waals surface area contributed by atoms with Crippen molar-refractivity contribution in [2.75, 3.05) is 20.3 Å². The van der Waals surface area contributed by atoms with Crippen molar-refractivity contribution in [1.82, 2.24) is 0 Å². The summed E-state index contributed by atoms with van der Waals surface area (Å²) in [7, 11) is 1.38. The summed E-state index contributed by atoms with van der Waals surface area (Å²) in [6.07, 6.45) is 3.07. The first-order valence-electron chi connectivity index (χ1n) is 11.0. The van der Waals surface area contributed by atoms with Gasteiger partial charge in [0.2, 0.25) is 0 Å². The van der Waals surface area contributed by atoms with Crippen molar-refractivity contribution in [1.29, 1.82) is 0 Å². The predicted octanol–water partition coefficient (Wildman–Crippen LogP) is 5.55. The highest BCUT2D eigenvalue weighted by molar-refractivity contribution is 6.32. The zero-order valence-electron chi connectivity index (χ0n) is 18.4. The lowest BCUT2D eigenvalue weighted by molar-refractivity contribution is -0.428. The van der Waals surface area contributed by atoms with E-state index in [1.807, 2.05) is 19.1 Å². The number of carbonyl (C=O) groups excluding carboxylic acids is 2. The number of halogens is 1. The first-order valence-corrected chi connectivity index (χ1v) is 11.3. The van der Waals surface area contributed by atoms with E-state index in [-0.39, 0.29) is 22.0 Å². The number of hydrogen-bond acceptors (Lipinski definition) is 5. The van der Waals surface area contributed by atoms with Gasteiger partial charge in [-0.25, -0.2) is 0 Å². The van der Waals surface area contributed by atoms with E-state index in [1.54, 1.807) is 24.3 Å². The molecular formula is C25H27ClNO5+. The third kappa shape index (κ3) is 4.48. The number of benzene rings is 2. The number of rotatable bonds is 5. The minimum absolute atomic E-state index is 0.0131. The molecule has 0 radical (unpaired) electrons. The Bertz CT molecular complexity index is 1050. The molecule has 1 aliphatic carbocycles. The van der Waals surface area contributed by atoms with Gasteiger partial charge in [0.25, 0.3) is 5.69 Å². The number of aryl methyl sites for hydroxylation is 1. The van der Waals surface area contributed by atoms with Crippen molar-refractivity contribution in [2.24, 2.45) is 5.41 Å². The number of ether oxygens (including phenoxy) is 2. The Morgan fingerprint density at radius 1 is 1.06 bits per heavy atom. The van der Waals surface area contributed by atoms with Gasteiger partial charge in [0.15, 0.2) is 7.05 Å². The van der Waals surface area contributed by atoms with E-state index >= 15 is 0 Å². The number of nitroso groups, excluding NO2 is 1. The Morgan fingerprint density at radius 3 is 2.28 bits per heavy atom. The monoisotopic (exact) mass is 456 g/mol. The Hall–Kier alpha value is -2.57. The van der Waals surface area contributed by atoms with Crippen LogP contribution in [0.1, 0.15) is 49.7 Å². The van der Waals surface area contributed by atoms with Crippen molar-refractivity contribution in [2.45, 2.75) is 44.9 Å². The molecule has 1 spiro atoms. The van der Waals surface area contributed by atoms with Crippen molar-refractivity contribution >= 4 is 28.9 Å². The molecule has 0 aromatic heterocycles. The average molecular weight is 457 g/mol. The van der Waals surface area contributed by atoms with Crippen LogP contribution in [-0.4, -0.2) is 36.6 Å². The number of nitrogens with zero attached hydrogens (tertiary/aromatic N) is 1. The number of Topliss-reactive ketones (excluding diaryl/α,β-unsaturated/α-hetero) is 2. The maximum Gasteiger partial charge on any atom is 0.274 e. The van der Waals surface area contributed by atoms with Gasteiger partial charge >= 0.3 is 0 Å². The van der Waals surface area contributed by atoms with Crippen LogP contribution in [0.25, 0.3) is 0 Å². The lowest BCUT2D eigenvalue weighted by atomic mass is 9.63. The van der Waals surface area contributed by atoms with Gasteiger partial charge in [0.05, 0.1) is 0 Å². The second kappa shape index (κ2) is 9.12. The molecule has 1 saturated heterocycles. The molecule has 2 aromatic rings. The molecule has 4 rings (SSSR count). The molecule has 0 N–H and O–H groups in total. The summed E-state index contributed by atoms with van der Waals surface area (Å²) in [6, 6.07) is 10.3. The SMILES string of the molecule is CCc1ccc(Oc2ccc([N+](C)=O)c(Cl)c2)cc1C1C(=O)CC2(CCOCC2)CC1=O. The van der Waals surface area contributed by atoms with Crippen LogP contribution < -0.4 is 4.74 Å². The topological polar surface area (TPSA) is 72.7 Å². The number of ketones is 2. The molecule has 1 aliphatic heterocycles. The fourth-order valence-corrected chi connectivity index (χ4v) is 5.15. The van der Waals surface area contributed by atoms with Gasteiger partial charge in [0, 0.05) is 47.9 Å². The van der Waals surface area contributed by atoms with Crippen molar-refractivity contribution < 1.29 is 23.8 Å². The minimum atomic E-state index is -0.748. The molecule has 2 aromatic carbocycles. The standard InChI is InChI=1S/C25H27ClNO5/c1-3-16-4-5-17(32-18-6-7-21(27(2)30)20(26)13-18)12-19(16)24-22(28)14-25(15-23(24)29)8-10-31-11-9-25/h4-7,12-13,24H,3,8-11,14-15H2,1-2H3/q+1. The van der Waals surface area contributed by atoms with Crippen LogP contribution in [0.5, 0.6) is 11.5 Å². The van der Waals surface area contributed by atoms with Crippen LogP contribution in [0.2, 0.25) is 5.02 Å². The highest BCUT2D eigenvalue weighted by atomic mass is 35.5. The van der Waals surface area contributed by atoms with Crippen LogP contribution in [0, 0.1) is 10.3 Å². The lowest BCUT2D eigenvalue weighted by Gasteiger charge is -2.41. The molecule has 0 bridgehead atoms. The molecule has 0 atom stereocenters. The first kappa shape index (κ1) is 22.6. The molecule has 2 aliphatic rings. The van der Waals surface area contributed by atoms with Gasteiger partial charge in [-0.1, -0.05) is 24.6 Å². The highest BCUT2D eigenvalue weighted by Gasteiger charge is 2.46. The van der Waals surface area contributed by atoms with Gasteiger partial charge in [-0.05, 0) is 54.0 Å². The van der Waals surface area contributed by atoms with Gasteiger partial charge in [-0.15, -0.1) is 0 Å². The second-order valence-electron chi connectivity index (χ2n) is 8.76. The number of hydrogen-bond donors (Lipinski definition) is 0. The first-order chi connectivity index (χ1) is 15.3. The van der Waals surface area contributed by atoms with Gasteiger partial charge < -0.3 is 9.47 Å². The van der Waals surface area contributed by atoms with E-state index < -0.39 is 5.92 Å². The molecule has 0 amide bonds. The third-order valence-corrected chi connectivity index (χ3v) is 6.90. The largest absolute Gasteiger partial charge is 0.457 e. The Balaban J connectivity index is 1.61. The molecule has 168 valence electrons. The predicted molar refractivity (Wildman–Crippen MR) is 121 cm³/mol. The van der Waals surface area contributed by atoms with Crippen LogP contribution in [0.3, 0.4) is 0 Å². The van der Waals surface area contributed by atoms with Crippen molar-refractivity contribution in [3.63, 3.8) is 0 Å². The van der Waals surface area contributed by atoms with E-state index in [0.717, 1.165) is 24.0 Å². The van der Waals surface area contributed by atoms with Crippen LogP contribution in [-0.2, 0) is 20.7 Å². The normalized spacial score (nSPS) is 18.7. The van der Waals surface area contributed by atoms with E-state index in [4.69, 9.17) is 21.1 Å². The molecule has 0 unspecified atom stereocenters. The number of carbonyl (C=O) groups is 2. The summed E-state index contributed by atoms with van der Waals surface area (Å²) in [4.78, 5) is 37.9. The fraction of sp³-hybridized carbons (Fsp3) is 0.440. The molecular weight excluding hydrogens is 430 g/mol. The molecule has 32 heavy (non-hydrogen) atoms. The van der Waals surface area contributed by atoms with Gasteiger partial charge in [0.1, 0.15) is 34.0 Å². The van der Waals surface area contributed by atoms with Crippen LogP contribution >= 0.6 is 11.6 Å². The summed E-state index contributed by atoms with van der Waals surface area (Å²) in [6.45, 7) is 3.23. The third-order valence-electron chi connectivity index (χ3n) is 6.60. The van der Waals surface area contributed by atoms with E-state index in [2.05, 4.69) is 0 Å². The smallest absolute Gasteiger partial charge is 0.274 e. The summed E-state index contributed by atoms with van der Waals surface area (Å²) in [5.41, 5.74) is 1.80. The lowest BCUT2D eigenvalue weighted by Crippen LogP contribution is -2.42.